The number of ether oxygens (including phenoxy) is 1. The molecule has 1 heterocycles. The predicted molar refractivity (Wildman–Crippen MR) is 92.8 cm³/mol. The number of nitrogens with zero attached hydrogens (tertiary/aromatic N) is 1. The zero-order valence-corrected chi connectivity index (χ0v) is 14.7. The molecule has 2 amide bonds. The van der Waals surface area contributed by atoms with Crippen LogP contribution in [0.3, 0.4) is 0 Å². The molecule has 1 fully saturated rings. The summed E-state index contributed by atoms with van der Waals surface area (Å²) in [7, 11) is 3.37. The Labute approximate surface area is 143 Å². The van der Waals surface area contributed by atoms with Gasteiger partial charge in [0, 0.05) is 26.6 Å². The lowest BCUT2D eigenvalue weighted by molar-refractivity contribution is -0.128. The molecule has 1 saturated heterocycles. The van der Waals surface area contributed by atoms with Crippen LogP contribution in [0.5, 0.6) is 5.75 Å². The summed E-state index contributed by atoms with van der Waals surface area (Å²) in [5.41, 5.74) is 0.952. The van der Waals surface area contributed by atoms with Gasteiger partial charge in [0.1, 0.15) is 5.75 Å². The fraction of sp³-hybridized carbons (Fsp3) is 0.556. The van der Waals surface area contributed by atoms with Crippen molar-refractivity contribution in [1.82, 2.24) is 15.5 Å². The fourth-order valence-electron chi connectivity index (χ4n) is 3.07. The quantitative estimate of drug-likeness (QED) is 0.704. The van der Waals surface area contributed by atoms with Crippen molar-refractivity contribution in [3.63, 3.8) is 0 Å². The number of likely N-dealkylation sites (tertiary alicyclic amines) is 1. The van der Waals surface area contributed by atoms with Crippen LogP contribution in [0.2, 0.25) is 0 Å². The number of carbonyl (C=O) groups is 2. The minimum absolute atomic E-state index is 0.0000704. The molecule has 0 saturated carbocycles. The van der Waals surface area contributed by atoms with Crippen LogP contribution < -0.4 is 15.4 Å². The number of carbonyl (C=O) groups excluding carboxylic acids is 2. The van der Waals surface area contributed by atoms with Crippen LogP contribution >= 0.6 is 0 Å². The summed E-state index contributed by atoms with van der Waals surface area (Å²) in [5.74, 6) is 0.336. The lowest BCUT2D eigenvalue weighted by atomic mass is 9.93. The number of rotatable bonds is 8. The molecule has 2 rings (SSSR count). The summed E-state index contributed by atoms with van der Waals surface area (Å²) >= 11 is 0. The van der Waals surface area contributed by atoms with Gasteiger partial charge in [0.2, 0.25) is 11.8 Å². The summed E-state index contributed by atoms with van der Waals surface area (Å²) in [4.78, 5) is 26.3. The third-order valence-corrected chi connectivity index (χ3v) is 4.41. The summed E-state index contributed by atoms with van der Waals surface area (Å²) in [6.07, 6.45) is 1.32. The first-order chi connectivity index (χ1) is 11.6. The van der Waals surface area contributed by atoms with Gasteiger partial charge in [0.15, 0.2) is 0 Å². The average Bonchev–Trinajstić information content (AvgIpc) is 2.90. The monoisotopic (exact) mass is 333 g/mol. The Morgan fingerprint density at radius 1 is 1.25 bits per heavy atom. The van der Waals surface area contributed by atoms with Gasteiger partial charge in [-0.25, -0.2) is 0 Å². The standard InChI is InChI=1S/C18H27N3O3/c1-4-9-19-10-11-20-18(23)15-12-16(22)21(2)17(15)13-5-7-14(24-3)8-6-13/h5-8,15,17,19H,4,9-12H2,1-3H3,(H,20,23). The number of nitrogens with one attached hydrogen (secondary N) is 2. The van der Waals surface area contributed by atoms with Gasteiger partial charge in [-0.2, -0.15) is 0 Å². The third kappa shape index (κ3) is 4.26. The maximum atomic E-state index is 12.5. The number of hydrogen-bond donors (Lipinski definition) is 2. The van der Waals surface area contributed by atoms with E-state index in [0.29, 0.717) is 6.54 Å². The van der Waals surface area contributed by atoms with Crippen molar-refractivity contribution in [1.29, 1.82) is 0 Å². The number of amides is 2. The number of benzene rings is 1. The van der Waals surface area contributed by atoms with Gasteiger partial charge in [0.25, 0.3) is 0 Å². The fourth-order valence-corrected chi connectivity index (χ4v) is 3.07. The molecule has 132 valence electrons. The van der Waals surface area contributed by atoms with E-state index in [1.54, 1.807) is 19.1 Å². The van der Waals surface area contributed by atoms with Gasteiger partial charge < -0.3 is 20.3 Å². The molecular formula is C18H27N3O3. The summed E-state index contributed by atoms with van der Waals surface area (Å²) in [6.45, 7) is 4.35. The van der Waals surface area contributed by atoms with Gasteiger partial charge in [-0.3, -0.25) is 9.59 Å². The minimum Gasteiger partial charge on any atom is -0.497 e. The van der Waals surface area contributed by atoms with Crippen molar-refractivity contribution in [2.45, 2.75) is 25.8 Å². The van der Waals surface area contributed by atoms with Crippen LogP contribution in [0.25, 0.3) is 0 Å². The summed E-state index contributed by atoms with van der Waals surface area (Å²) in [6, 6.07) is 7.32. The highest BCUT2D eigenvalue weighted by Crippen LogP contribution is 2.37. The van der Waals surface area contributed by atoms with E-state index < -0.39 is 0 Å². The number of methoxy groups -OCH3 is 1. The first kappa shape index (κ1) is 18.3. The van der Waals surface area contributed by atoms with E-state index in [-0.39, 0.29) is 30.2 Å². The van der Waals surface area contributed by atoms with Gasteiger partial charge in [-0.1, -0.05) is 19.1 Å². The molecule has 6 nitrogen and oxygen atoms in total. The molecule has 2 atom stereocenters. The van der Waals surface area contributed by atoms with E-state index in [2.05, 4.69) is 17.6 Å². The molecule has 0 aliphatic carbocycles. The highest BCUT2D eigenvalue weighted by atomic mass is 16.5. The molecule has 1 aromatic rings. The first-order valence-electron chi connectivity index (χ1n) is 8.46. The van der Waals surface area contributed by atoms with Crippen molar-refractivity contribution in [2.75, 3.05) is 33.8 Å². The molecule has 1 aliphatic rings. The lowest BCUT2D eigenvalue weighted by Crippen LogP contribution is -2.38. The molecule has 0 spiro atoms. The van der Waals surface area contributed by atoms with Gasteiger partial charge >= 0.3 is 0 Å². The maximum Gasteiger partial charge on any atom is 0.226 e. The molecule has 2 unspecified atom stereocenters. The Balaban J connectivity index is 2.03. The molecule has 24 heavy (non-hydrogen) atoms. The van der Waals surface area contributed by atoms with Crippen LogP contribution in [0.15, 0.2) is 24.3 Å². The van der Waals surface area contributed by atoms with Crippen LogP contribution in [0.4, 0.5) is 0 Å². The zero-order chi connectivity index (χ0) is 17.5. The predicted octanol–water partition coefficient (Wildman–Crippen LogP) is 1.33. The summed E-state index contributed by atoms with van der Waals surface area (Å²) < 4.78 is 5.17. The molecule has 1 aliphatic heterocycles. The Morgan fingerprint density at radius 2 is 1.96 bits per heavy atom. The smallest absolute Gasteiger partial charge is 0.226 e. The Bertz CT molecular complexity index is 559. The van der Waals surface area contributed by atoms with Crippen molar-refractivity contribution < 1.29 is 14.3 Å². The molecule has 2 N–H and O–H groups in total. The SMILES string of the molecule is CCCNCCNC(=O)C1CC(=O)N(C)C1c1ccc(OC)cc1. The second-order valence-electron chi connectivity index (χ2n) is 6.07. The van der Waals surface area contributed by atoms with Crippen molar-refractivity contribution in [2.24, 2.45) is 5.92 Å². The highest BCUT2D eigenvalue weighted by Gasteiger charge is 2.42. The first-order valence-corrected chi connectivity index (χ1v) is 8.46. The topological polar surface area (TPSA) is 70.7 Å². The second kappa shape index (κ2) is 8.68. The molecule has 0 bridgehead atoms. The van der Waals surface area contributed by atoms with E-state index in [1.807, 2.05) is 24.3 Å². The second-order valence-corrected chi connectivity index (χ2v) is 6.07. The van der Waals surface area contributed by atoms with Crippen molar-refractivity contribution in [3.8, 4) is 5.75 Å². The van der Waals surface area contributed by atoms with Crippen molar-refractivity contribution in [3.05, 3.63) is 29.8 Å². The van der Waals surface area contributed by atoms with E-state index in [9.17, 15) is 9.59 Å². The molecular weight excluding hydrogens is 306 g/mol. The van der Waals surface area contributed by atoms with Gasteiger partial charge in [0.05, 0.1) is 19.1 Å². The molecule has 0 aromatic heterocycles. The minimum atomic E-state index is -0.359. The van der Waals surface area contributed by atoms with Crippen LogP contribution in [-0.2, 0) is 9.59 Å². The molecule has 1 aromatic carbocycles. The van der Waals surface area contributed by atoms with Crippen molar-refractivity contribution >= 4 is 11.8 Å². The van der Waals surface area contributed by atoms with Gasteiger partial charge in [-0.15, -0.1) is 0 Å². The Kier molecular flexibility index (Phi) is 6.61. The third-order valence-electron chi connectivity index (χ3n) is 4.41. The molecule has 0 radical (unpaired) electrons. The zero-order valence-electron chi connectivity index (χ0n) is 14.7. The van der Waals surface area contributed by atoms with Crippen LogP contribution in [-0.4, -0.2) is 50.5 Å². The number of hydrogen-bond acceptors (Lipinski definition) is 4. The van der Waals surface area contributed by atoms with Crippen LogP contribution in [0.1, 0.15) is 31.4 Å². The molecule has 6 heteroatoms. The maximum absolute atomic E-state index is 12.5. The lowest BCUT2D eigenvalue weighted by Gasteiger charge is -2.25. The highest BCUT2D eigenvalue weighted by molar-refractivity contribution is 5.90. The van der Waals surface area contributed by atoms with Crippen LogP contribution in [0, 0.1) is 5.92 Å². The average molecular weight is 333 g/mol. The normalized spacial score (nSPS) is 20.3. The Hall–Kier alpha value is -2.08. The van der Waals surface area contributed by atoms with E-state index in [0.717, 1.165) is 30.8 Å². The van der Waals surface area contributed by atoms with E-state index in [4.69, 9.17) is 4.74 Å². The van der Waals surface area contributed by atoms with Gasteiger partial charge in [-0.05, 0) is 30.7 Å². The van der Waals surface area contributed by atoms with E-state index in [1.165, 1.54) is 0 Å². The van der Waals surface area contributed by atoms with E-state index >= 15 is 0 Å². The largest absolute Gasteiger partial charge is 0.497 e. The Morgan fingerprint density at radius 3 is 2.58 bits per heavy atom. The summed E-state index contributed by atoms with van der Waals surface area (Å²) in [5, 5.41) is 6.19.